The van der Waals surface area contributed by atoms with Crippen LogP contribution in [-0.2, 0) is 22.7 Å². The molecule has 27 heavy (non-hydrogen) atoms. The minimum Gasteiger partial charge on any atom is -0.338 e. The number of urea groups is 1. The Morgan fingerprint density at radius 3 is 2.74 bits per heavy atom. The van der Waals surface area contributed by atoms with Crippen molar-refractivity contribution in [2.45, 2.75) is 64.2 Å². The fourth-order valence-electron chi connectivity index (χ4n) is 2.81. The summed E-state index contributed by atoms with van der Waals surface area (Å²) >= 11 is 1.23. The molecule has 4 amide bonds. The van der Waals surface area contributed by atoms with Gasteiger partial charge in [-0.25, -0.2) is 4.79 Å². The highest BCUT2D eigenvalue weighted by Crippen LogP contribution is 2.19. The van der Waals surface area contributed by atoms with Gasteiger partial charge in [0.25, 0.3) is 0 Å². The first-order valence-corrected chi connectivity index (χ1v) is 10.4. The standard InChI is InChI=1S/C17H28N6O3S/c1-3-9-18-16(26)19-14(24)12-27-17-21-20-13(23(17)4-2)11-22-10-7-5-6-8-15(22)25/h3-12H2,1-2H3,(H2,18,19,24,26). The summed E-state index contributed by atoms with van der Waals surface area (Å²) in [5, 5.41) is 13.9. The minimum atomic E-state index is -0.486. The molecule has 2 heterocycles. The molecule has 1 aliphatic rings. The minimum absolute atomic E-state index is 0.0698. The summed E-state index contributed by atoms with van der Waals surface area (Å²) in [4.78, 5) is 37.4. The molecule has 0 atom stereocenters. The fraction of sp³-hybridized carbons (Fsp3) is 0.706. The molecule has 10 heteroatoms. The Bertz CT molecular complexity index is 663. The fourth-order valence-corrected chi connectivity index (χ4v) is 3.63. The topological polar surface area (TPSA) is 109 Å². The third kappa shape index (κ3) is 6.53. The van der Waals surface area contributed by atoms with Crippen LogP contribution in [0.5, 0.6) is 0 Å². The third-order valence-corrected chi connectivity index (χ3v) is 5.20. The number of hydrogen-bond acceptors (Lipinski definition) is 6. The molecule has 2 rings (SSSR count). The molecular formula is C17H28N6O3S. The lowest BCUT2D eigenvalue weighted by atomic mass is 10.2. The zero-order valence-corrected chi connectivity index (χ0v) is 16.8. The number of nitrogens with one attached hydrogen (secondary N) is 2. The Morgan fingerprint density at radius 1 is 1.19 bits per heavy atom. The summed E-state index contributed by atoms with van der Waals surface area (Å²) < 4.78 is 1.91. The van der Waals surface area contributed by atoms with Crippen LogP contribution >= 0.6 is 11.8 Å². The predicted molar refractivity (Wildman–Crippen MR) is 102 cm³/mol. The van der Waals surface area contributed by atoms with Gasteiger partial charge in [-0.3, -0.25) is 14.9 Å². The van der Waals surface area contributed by atoms with Crippen molar-refractivity contribution in [3.63, 3.8) is 0 Å². The van der Waals surface area contributed by atoms with Crippen molar-refractivity contribution < 1.29 is 14.4 Å². The van der Waals surface area contributed by atoms with Crippen molar-refractivity contribution in [2.24, 2.45) is 0 Å². The number of rotatable bonds is 8. The molecule has 0 unspecified atom stereocenters. The Balaban J connectivity index is 1.91. The van der Waals surface area contributed by atoms with E-state index in [4.69, 9.17) is 0 Å². The van der Waals surface area contributed by atoms with Gasteiger partial charge in [0.05, 0.1) is 12.3 Å². The van der Waals surface area contributed by atoms with E-state index in [0.29, 0.717) is 31.2 Å². The Morgan fingerprint density at radius 2 is 2.00 bits per heavy atom. The first-order valence-electron chi connectivity index (χ1n) is 9.45. The molecule has 2 N–H and O–H groups in total. The SMILES string of the molecule is CCCNC(=O)NC(=O)CSc1nnc(CN2CCCCCC2=O)n1CC. The van der Waals surface area contributed by atoms with Gasteiger partial charge >= 0.3 is 6.03 Å². The second-order valence-corrected chi connectivity index (χ2v) is 7.30. The van der Waals surface area contributed by atoms with E-state index >= 15 is 0 Å². The molecule has 0 aliphatic carbocycles. The molecule has 0 bridgehead atoms. The molecule has 150 valence electrons. The van der Waals surface area contributed by atoms with E-state index in [1.165, 1.54) is 11.8 Å². The number of carbonyl (C=O) groups excluding carboxylic acids is 3. The van der Waals surface area contributed by atoms with Crippen molar-refractivity contribution >= 4 is 29.6 Å². The number of likely N-dealkylation sites (tertiary alicyclic amines) is 1. The van der Waals surface area contributed by atoms with E-state index in [0.717, 1.165) is 38.1 Å². The molecule has 1 saturated heterocycles. The van der Waals surface area contributed by atoms with Gasteiger partial charge in [0.1, 0.15) is 0 Å². The highest BCUT2D eigenvalue weighted by atomic mass is 32.2. The molecule has 9 nitrogen and oxygen atoms in total. The van der Waals surface area contributed by atoms with Gasteiger partial charge in [0.15, 0.2) is 11.0 Å². The van der Waals surface area contributed by atoms with Gasteiger partial charge in [-0.15, -0.1) is 10.2 Å². The van der Waals surface area contributed by atoms with Crippen LogP contribution in [0.15, 0.2) is 5.16 Å². The van der Waals surface area contributed by atoms with Crippen molar-refractivity contribution in [1.29, 1.82) is 0 Å². The van der Waals surface area contributed by atoms with E-state index in [9.17, 15) is 14.4 Å². The Labute approximate surface area is 163 Å². The number of carbonyl (C=O) groups is 3. The summed E-state index contributed by atoms with van der Waals surface area (Å²) in [5.41, 5.74) is 0. The van der Waals surface area contributed by atoms with Gasteiger partial charge in [0, 0.05) is 26.1 Å². The molecule has 0 radical (unpaired) electrons. The number of aromatic nitrogens is 3. The van der Waals surface area contributed by atoms with Crippen LogP contribution in [0.25, 0.3) is 0 Å². The summed E-state index contributed by atoms with van der Waals surface area (Å²) in [6.07, 6.45) is 4.41. The first kappa shape index (κ1) is 21.2. The summed E-state index contributed by atoms with van der Waals surface area (Å²) in [6, 6.07) is -0.486. The second-order valence-electron chi connectivity index (χ2n) is 6.36. The molecule has 0 saturated carbocycles. The van der Waals surface area contributed by atoms with Gasteiger partial charge in [-0.05, 0) is 26.2 Å². The Kier molecular flexibility index (Phi) is 8.56. The normalized spacial score (nSPS) is 14.7. The molecule has 1 aromatic rings. The molecule has 1 aliphatic heterocycles. The van der Waals surface area contributed by atoms with E-state index < -0.39 is 6.03 Å². The average molecular weight is 397 g/mol. The highest BCUT2D eigenvalue weighted by Gasteiger charge is 2.21. The smallest absolute Gasteiger partial charge is 0.321 e. The lowest BCUT2D eigenvalue weighted by Gasteiger charge is -2.20. The maximum atomic E-state index is 12.2. The monoisotopic (exact) mass is 396 g/mol. The molecule has 1 aromatic heterocycles. The molecule has 0 aromatic carbocycles. The van der Waals surface area contributed by atoms with E-state index in [1.807, 2.05) is 23.3 Å². The van der Waals surface area contributed by atoms with Crippen LogP contribution < -0.4 is 10.6 Å². The van der Waals surface area contributed by atoms with Crippen LogP contribution in [0.3, 0.4) is 0 Å². The number of hydrogen-bond donors (Lipinski definition) is 2. The van der Waals surface area contributed by atoms with E-state index in [-0.39, 0.29) is 17.6 Å². The largest absolute Gasteiger partial charge is 0.338 e. The van der Waals surface area contributed by atoms with E-state index in [2.05, 4.69) is 20.8 Å². The lowest BCUT2D eigenvalue weighted by molar-refractivity contribution is -0.131. The highest BCUT2D eigenvalue weighted by molar-refractivity contribution is 7.99. The third-order valence-electron chi connectivity index (χ3n) is 4.23. The van der Waals surface area contributed by atoms with E-state index in [1.54, 1.807) is 0 Å². The zero-order valence-electron chi connectivity index (χ0n) is 16.0. The maximum absolute atomic E-state index is 12.2. The molecule has 0 spiro atoms. The maximum Gasteiger partial charge on any atom is 0.321 e. The number of amides is 4. The van der Waals surface area contributed by atoms with Crippen molar-refractivity contribution in [3.05, 3.63) is 5.82 Å². The molecular weight excluding hydrogens is 368 g/mol. The average Bonchev–Trinajstić information content (AvgIpc) is 2.92. The van der Waals surface area contributed by atoms with Crippen LogP contribution in [0, 0.1) is 0 Å². The summed E-state index contributed by atoms with van der Waals surface area (Å²) in [5.74, 6) is 0.560. The molecule has 1 fully saturated rings. The predicted octanol–water partition coefficient (Wildman–Crippen LogP) is 1.53. The lowest BCUT2D eigenvalue weighted by Crippen LogP contribution is -2.40. The van der Waals surface area contributed by atoms with Gasteiger partial charge in [0.2, 0.25) is 11.8 Å². The number of nitrogens with zero attached hydrogens (tertiary/aromatic N) is 4. The number of imide groups is 1. The van der Waals surface area contributed by atoms with Crippen LogP contribution in [0.2, 0.25) is 0 Å². The van der Waals surface area contributed by atoms with Crippen molar-refractivity contribution in [3.8, 4) is 0 Å². The second kappa shape index (κ2) is 10.9. The Hall–Kier alpha value is -2.10. The van der Waals surface area contributed by atoms with Crippen molar-refractivity contribution in [1.82, 2.24) is 30.3 Å². The summed E-state index contributed by atoms with van der Waals surface area (Å²) in [6.45, 7) is 6.26. The van der Waals surface area contributed by atoms with Crippen LogP contribution in [0.1, 0.15) is 51.8 Å². The van der Waals surface area contributed by atoms with Gasteiger partial charge in [-0.2, -0.15) is 0 Å². The quantitative estimate of drug-likeness (QED) is 0.645. The zero-order chi connectivity index (χ0) is 19.6. The van der Waals surface area contributed by atoms with Gasteiger partial charge < -0.3 is 14.8 Å². The van der Waals surface area contributed by atoms with Crippen LogP contribution in [-0.4, -0.2) is 56.4 Å². The first-order chi connectivity index (χ1) is 13.0. The number of thioether (sulfide) groups is 1. The van der Waals surface area contributed by atoms with Crippen molar-refractivity contribution in [2.75, 3.05) is 18.8 Å². The summed E-state index contributed by atoms with van der Waals surface area (Å²) in [7, 11) is 0. The van der Waals surface area contributed by atoms with Gasteiger partial charge in [-0.1, -0.05) is 25.1 Å². The van der Waals surface area contributed by atoms with Crippen LogP contribution in [0.4, 0.5) is 4.79 Å².